The summed E-state index contributed by atoms with van der Waals surface area (Å²) in [6.45, 7) is 4.06. The average Bonchev–Trinajstić information content (AvgIpc) is 3.35. The van der Waals surface area contributed by atoms with E-state index in [1.807, 2.05) is 13.8 Å². The number of hydrogen-bond acceptors (Lipinski definition) is 2. The molecule has 0 saturated heterocycles. The Balaban J connectivity index is 0.000000868. The molecule has 0 bridgehead atoms. The van der Waals surface area contributed by atoms with Gasteiger partial charge in [-0.15, -0.1) is 0 Å². The third kappa shape index (κ3) is 5.97. The van der Waals surface area contributed by atoms with E-state index in [2.05, 4.69) is 102 Å². The molecule has 4 aromatic carbocycles. The first-order valence-corrected chi connectivity index (χ1v) is 13.7. The second kappa shape index (κ2) is 11.5. The van der Waals surface area contributed by atoms with Crippen LogP contribution in [0.15, 0.2) is 107 Å². The van der Waals surface area contributed by atoms with Gasteiger partial charge >= 0.3 is 33.3 Å². The molecule has 0 atom stereocenters. The van der Waals surface area contributed by atoms with Crippen molar-refractivity contribution in [2.45, 2.75) is 13.8 Å². The molecule has 6 heteroatoms. The first-order valence-electron chi connectivity index (χ1n) is 10.7. The Morgan fingerprint density at radius 1 is 0.588 bits per heavy atom. The number of benzene rings is 4. The van der Waals surface area contributed by atoms with Crippen LogP contribution in [0.2, 0.25) is 0 Å². The number of fused-ring (bicyclic) bond motifs is 2. The maximum atomic E-state index is 4.82. The summed E-state index contributed by atoms with van der Waals surface area (Å²) in [7, 11) is 9.53. The molecule has 1 N–H and O–H groups in total. The molecule has 0 saturated carbocycles. The predicted molar refractivity (Wildman–Crippen MR) is 144 cm³/mol. The van der Waals surface area contributed by atoms with Crippen molar-refractivity contribution in [3.05, 3.63) is 108 Å². The predicted octanol–water partition coefficient (Wildman–Crippen LogP) is 8.98. The Kier molecular flexibility index (Phi) is 8.20. The first-order chi connectivity index (χ1) is 16.6. The minimum absolute atomic E-state index is 0.194. The normalized spacial score (nSPS) is 12.1. The number of H-pyrrole nitrogens is 1. The fourth-order valence-corrected chi connectivity index (χ4v) is 3.82. The van der Waals surface area contributed by atoms with Crippen molar-refractivity contribution in [1.82, 2.24) is 4.98 Å². The van der Waals surface area contributed by atoms with Gasteiger partial charge in [-0.1, -0.05) is 60.7 Å². The van der Waals surface area contributed by atoms with E-state index in [4.69, 9.17) is 30.2 Å². The van der Waals surface area contributed by atoms with Crippen LogP contribution in [0.25, 0.3) is 21.5 Å². The topological polar surface area (TPSA) is 40.5 Å². The summed E-state index contributed by atoms with van der Waals surface area (Å²) in [5, 5.41) is 4.84. The van der Waals surface area contributed by atoms with E-state index in [9.17, 15) is 0 Å². The summed E-state index contributed by atoms with van der Waals surface area (Å²) in [6, 6.07) is 33.4. The molecule has 1 aromatic heterocycles. The molecule has 0 unspecified atom stereocenters. The van der Waals surface area contributed by atoms with Crippen LogP contribution in [0.3, 0.4) is 0 Å². The number of halogens is 2. The molecule has 172 valence electrons. The molecule has 34 heavy (non-hydrogen) atoms. The van der Waals surface area contributed by atoms with E-state index in [0.717, 1.165) is 34.2 Å². The number of rotatable bonds is 4. The zero-order valence-electron chi connectivity index (χ0n) is 18.7. The molecule has 5 aromatic rings. The molecule has 0 amide bonds. The summed E-state index contributed by atoms with van der Waals surface area (Å²) in [6.07, 6.45) is 0. The van der Waals surface area contributed by atoms with E-state index in [-0.39, 0.29) is 13.1 Å². The van der Waals surface area contributed by atoms with Crippen LogP contribution in [0.4, 0.5) is 11.4 Å². The van der Waals surface area contributed by atoms with Gasteiger partial charge in [-0.3, -0.25) is 9.98 Å². The molecule has 1 heterocycles. The van der Waals surface area contributed by atoms with Crippen molar-refractivity contribution in [3.63, 3.8) is 0 Å². The summed E-state index contributed by atoms with van der Waals surface area (Å²) >= 11 is 0.194. The van der Waals surface area contributed by atoms with E-state index in [1.54, 1.807) is 0 Å². The van der Waals surface area contributed by atoms with Crippen LogP contribution in [0, 0.1) is 0 Å². The third-order valence-corrected chi connectivity index (χ3v) is 5.53. The van der Waals surface area contributed by atoms with Gasteiger partial charge in [-0.25, -0.2) is 0 Å². The molecule has 3 nitrogen and oxygen atoms in total. The summed E-state index contributed by atoms with van der Waals surface area (Å²) < 4.78 is 0. The Morgan fingerprint density at radius 3 is 1.38 bits per heavy atom. The van der Waals surface area contributed by atoms with Gasteiger partial charge in [0.05, 0.1) is 34.2 Å². The Bertz CT molecular complexity index is 1380. The van der Waals surface area contributed by atoms with Crippen LogP contribution in [-0.2, 0) is 13.1 Å². The van der Waals surface area contributed by atoms with Crippen LogP contribution < -0.4 is 0 Å². The third-order valence-electron chi connectivity index (χ3n) is 5.53. The van der Waals surface area contributed by atoms with Gasteiger partial charge < -0.3 is 4.98 Å². The molecule has 5 rings (SSSR count). The van der Waals surface area contributed by atoms with Crippen molar-refractivity contribution in [3.8, 4) is 0 Å². The van der Waals surface area contributed by atoms with Gasteiger partial charge in [0, 0.05) is 0 Å². The Labute approximate surface area is 214 Å². The zero-order valence-corrected chi connectivity index (χ0v) is 21.4. The zero-order chi connectivity index (χ0) is 23.9. The van der Waals surface area contributed by atoms with Gasteiger partial charge in [0.25, 0.3) is 0 Å². The van der Waals surface area contributed by atoms with Crippen LogP contribution in [-0.4, -0.2) is 16.4 Å². The van der Waals surface area contributed by atoms with Crippen molar-refractivity contribution < 1.29 is 13.1 Å². The fraction of sp³-hybridized carbons (Fsp3) is 0.0714. The maximum absolute atomic E-state index is 4.82. The van der Waals surface area contributed by atoms with Crippen LogP contribution >= 0.6 is 20.2 Å². The number of hydrogen-bond donors (Lipinski definition) is 1. The fourth-order valence-electron chi connectivity index (χ4n) is 3.82. The monoisotopic (exact) mass is 527 g/mol. The van der Waals surface area contributed by atoms with Crippen molar-refractivity contribution in [1.29, 1.82) is 0 Å². The average molecular weight is 528 g/mol. The molecule has 0 aliphatic heterocycles. The van der Waals surface area contributed by atoms with Crippen LogP contribution in [0.5, 0.6) is 0 Å². The number of nitrogens with one attached hydrogen (secondary N) is 1. The number of aromatic amines is 1. The first kappa shape index (κ1) is 24.3. The molecule has 0 aliphatic rings. The Hall–Kier alpha value is -2.88. The van der Waals surface area contributed by atoms with E-state index >= 15 is 0 Å². The molecule has 0 radical (unpaired) electrons. The second-order valence-corrected chi connectivity index (χ2v) is 9.62. The summed E-state index contributed by atoms with van der Waals surface area (Å²) in [5.74, 6) is 0. The molecule has 0 fully saturated rings. The quantitative estimate of drug-likeness (QED) is 0.179. The standard InChI is InChI=1S/C28H23N3.2ClH.Fe/c1-19(29-25-13-11-21-7-3-5-9-23(21)17-25)27-15-16-28(31-27)20(2)30-26-14-12-22-8-4-6-10-24(22)18-26;;;/h3-18,31H,1-2H3;2*1H;/q;;;+2/p-2. The summed E-state index contributed by atoms with van der Waals surface area (Å²) in [5.41, 5.74) is 5.79. The Morgan fingerprint density at radius 2 is 0.971 bits per heavy atom. The molecular weight excluding hydrogens is 505 g/mol. The number of aliphatic imine (C=N–C) groups is 2. The SMILES string of the molecule is CC(=Nc1ccc2ccccc2c1)c1ccc(C(C)=Nc2ccc3ccccc3c2)[nH]1.[Cl][Fe][Cl]. The van der Waals surface area contributed by atoms with Crippen molar-refractivity contribution >= 4 is 64.5 Å². The van der Waals surface area contributed by atoms with Gasteiger partial charge in [-0.05, 0) is 71.8 Å². The molecule has 0 spiro atoms. The number of nitrogens with zero attached hydrogens (tertiary/aromatic N) is 2. The van der Waals surface area contributed by atoms with E-state index < -0.39 is 0 Å². The summed E-state index contributed by atoms with van der Waals surface area (Å²) in [4.78, 5) is 13.1. The molecule has 0 aliphatic carbocycles. The van der Waals surface area contributed by atoms with Gasteiger partial charge in [0.15, 0.2) is 0 Å². The number of aromatic nitrogens is 1. The molecular formula is C28H23Cl2FeN3. The van der Waals surface area contributed by atoms with Gasteiger partial charge in [-0.2, -0.15) is 0 Å². The van der Waals surface area contributed by atoms with Crippen molar-refractivity contribution in [2.75, 3.05) is 0 Å². The van der Waals surface area contributed by atoms with E-state index in [0.29, 0.717) is 0 Å². The van der Waals surface area contributed by atoms with E-state index in [1.165, 1.54) is 21.5 Å². The van der Waals surface area contributed by atoms with Gasteiger partial charge in [0.2, 0.25) is 0 Å². The second-order valence-electron chi connectivity index (χ2n) is 7.79. The van der Waals surface area contributed by atoms with Gasteiger partial charge in [0.1, 0.15) is 0 Å². The van der Waals surface area contributed by atoms with Crippen LogP contribution in [0.1, 0.15) is 25.2 Å². The minimum atomic E-state index is 0.194. The van der Waals surface area contributed by atoms with Crippen molar-refractivity contribution in [2.24, 2.45) is 9.98 Å².